The zero-order valence-electron chi connectivity index (χ0n) is 18.4. The third kappa shape index (κ3) is 5.25. The maximum atomic E-state index is 14.6. The number of amidine groups is 1. The lowest BCUT2D eigenvalue weighted by molar-refractivity contribution is 0.410. The van der Waals surface area contributed by atoms with Crippen molar-refractivity contribution in [1.29, 1.82) is 0 Å². The number of halogens is 1. The topological polar surface area (TPSA) is 134 Å². The summed E-state index contributed by atoms with van der Waals surface area (Å²) in [5.41, 5.74) is 14.5. The van der Waals surface area contributed by atoms with Crippen molar-refractivity contribution in [2.75, 3.05) is 6.26 Å². The molecule has 11 heteroatoms. The van der Waals surface area contributed by atoms with Gasteiger partial charge in [0.05, 0.1) is 11.9 Å². The monoisotopic (exact) mass is 469 g/mol. The summed E-state index contributed by atoms with van der Waals surface area (Å²) in [4.78, 5) is 13.8. The van der Waals surface area contributed by atoms with E-state index < -0.39 is 16.6 Å². The van der Waals surface area contributed by atoms with Gasteiger partial charge in [0.25, 0.3) is 0 Å². The smallest absolute Gasteiger partial charge is 0.324 e. The van der Waals surface area contributed by atoms with Gasteiger partial charge in [-0.25, -0.2) is 9.38 Å². The standard InChI is InChI=1S/C22H24FN7O2S/c1-12(24)8-18(25)27-21-19(13-4-5-13)20(14-10-26-30(2)11-14)28-22(29-21)32-17-7-6-15(33(3)31)9-16(17)23/h6-11,13H,4-5,24H2,1-3H3,(H2,25,27,28,29)/b12-8-. The number of benzene rings is 1. The summed E-state index contributed by atoms with van der Waals surface area (Å²) in [7, 11) is 0.484. The van der Waals surface area contributed by atoms with Gasteiger partial charge in [0.1, 0.15) is 5.84 Å². The molecule has 0 radical (unpaired) electrons. The van der Waals surface area contributed by atoms with Gasteiger partial charge in [-0.15, -0.1) is 0 Å². The maximum Gasteiger partial charge on any atom is 0.324 e. The van der Waals surface area contributed by atoms with Crippen LogP contribution in [0.5, 0.6) is 11.8 Å². The highest BCUT2D eigenvalue weighted by Crippen LogP contribution is 2.48. The van der Waals surface area contributed by atoms with Crippen molar-refractivity contribution < 1.29 is 13.3 Å². The van der Waals surface area contributed by atoms with Crippen LogP contribution in [0.25, 0.3) is 11.3 Å². The normalized spacial score (nSPS) is 15.5. The van der Waals surface area contributed by atoms with E-state index in [1.54, 1.807) is 24.9 Å². The molecule has 3 aromatic rings. The van der Waals surface area contributed by atoms with E-state index in [0.717, 1.165) is 30.0 Å². The zero-order chi connectivity index (χ0) is 23.7. The summed E-state index contributed by atoms with van der Waals surface area (Å²) in [6, 6.07) is 3.99. The molecule has 0 amide bonds. The maximum absolute atomic E-state index is 14.6. The fourth-order valence-electron chi connectivity index (χ4n) is 3.31. The number of ether oxygens (including phenoxy) is 1. The molecule has 1 saturated carbocycles. The number of hydrogen-bond acceptors (Lipinski definition) is 7. The van der Waals surface area contributed by atoms with Gasteiger partial charge in [0.15, 0.2) is 17.4 Å². The Kier molecular flexibility index (Phi) is 6.23. The van der Waals surface area contributed by atoms with Crippen molar-refractivity contribution in [2.45, 2.75) is 30.6 Å². The average molecular weight is 470 g/mol. The second-order valence-electron chi connectivity index (χ2n) is 7.84. The van der Waals surface area contributed by atoms with Gasteiger partial charge in [0.2, 0.25) is 0 Å². The molecule has 0 aliphatic heterocycles. The second-order valence-corrected chi connectivity index (χ2v) is 9.22. The number of aliphatic imine (C=N–C) groups is 1. The van der Waals surface area contributed by atoms with Crippen LogP contribution in [0.15, 0.2) is 52.3 Å². The Bertz CT molecular complexity index is 1290. The van der Waals surface area contributed by atoms with Crippen LogP contribution in [0.1, 0.15) is 31.2 Å². The number of aryl methyl sites for hydroxylation is 1. The molecule has 1 atom stereocenters. The Labute approximate surface area is 192 Å². The molecule has 1 unspecified atom stereocenters. The zero-order valence-corrected chi connectivity index (χ0v) is 19.3. The molecule has 1 aliphatic carbocycles. The van der Waals surface area contributed by atoms with Crippen molar-refractivity contribution in [2.24, 2.45) is 23.5 Å². The molecule has 1 aliphatic rings. The van der Waals surface area contributed by atoms with E-state index in [0.29, 0.717) is 22.1 Å². The van der Waals surface area contributed by atoms with Gasteiger partial charge in [-0.2, -0.15) is 15.1 Å². The van der Waals surface area contributed by atoms with Crippen molar-refractivity contribution in [3.05, 3.63) is 53.7 Å². The van der Waals surface area contributed by atoms with Crippen LogP contribution in [0.2, 0.25) is 0 Å². The van der Waals surface area contributed by atoms with Crippen LogP contribution in [0.3, 0.4) is 0 Å². The highest BCUT2D eigenvalue weighted by atomic mass is 32.2. The molecular formula is C22H24FN7O2S. The third-order valence-electron chi connectivity index (χ3n) is 4.92. The lowest BCUT2D eigenvalue weighted by Gasteiger charge is -2.13. The fraction of sp³-hybridized carbons (Fsp3) is 0.273. The quantitative estimate of drug-likeness (QED) is 0.400. The van der Waals surface area contributed by atoms with E-state index in [1.807, 2.05) is 6.20 Å². The number of nitrogens with two attached hydrogens (primary N) is 2. The van der Waals surface area contributed by atoms with Crippen LogP contribution >= 0.6 is 0 Å². The van der Waals surface area contributed by atoms with Gasteiger partial charge in [-0.1, -0.05) is 0 Å². The predicted octanol–water partition coefficient (Wildman–Crippen LogP) is 3.27. The molecule has 2 heterocycles. The third-order valence-corrected chi connectivity index (χ3v) is 5.83. The number of hydrogen-bond donors (Lipinski definition) is 2. The summed E-state index contributed by atoms with van der Waals surface area (Å²) in [6.45, 7) is 1.70. The molecule has 0 spiro atoms. The molecule has 9 nitrogen and oxygen atoms in total. The minimum atomic E-state index is -1.32. The lowest BCUT2D eigenvalue weighted by Crippen LogP contribution is -2.11. The first kappa shape index (κ1) is 22.6. The molecule has 4 N–H and O–H groups in total. The first-order valence-electron chi connectivity index (χ1n) is 10.2. The molecule has 0 saturated heterocycles. The summed E-state index contributed by atoms with van der Waals surface area (Å²) >= 11 is 0. The Morgan fingerprint density at radius 2 is 2.09 bits per heavy atom. The molecule has 1 aromatic carbocycles. The summed E-state index contributed by atoms with van der Waals surface area (Å²) in [6.07, 6.45) is 8.45. The Morgan fingerprint density at radius 1 is 1.33 bits per heavy atom. The van der Waals surface area contributed by atoms with Crippen LogP contribution in [-0.2, 0) is 17.8 Å². The van der Waals surface area contributed by atoms with Crippen LogP contribution in [0, 0.1) is 5.82 Å². The van der Waals surface area contributed by atoms with Crippen LogP contribution in [-0.4, -0.2) is 36.0 Å². The minimum absolute atomic E-state index is 0.0949. The largest absolute Gasteiger partial charge is 0.421 e. The number of rotatable bonds is 7. The number of nitrogens with zero attached hydrogens (tertiary/aromatic N) is 5. The Balaban J connectivity index is 1.85. The van der Waals surface area contributed by atoms with Gasteiger partial charge in [-0.3, -0.25) is 8.89 Å². The van der Waals surface area contributed by atoms with Gasteiger partial charge < -0.3 is 16.2 Å². The average Bonchev–Trinajstić information content (AvgIpc) is 3.48. The summed E-state index contributed by atoms with van der Waals surface area (Å²) in [5.74, 6) is -0.0325. The highest BCUT2D eigenvalue weighted by Gasteiger charge is 2.32. The van der Waals surface area contributed by atoms with E-state index in [-0.39, 0.29) is 23.5 Å². The molecule has 1 fully saturated rings. The molecule has 33 heavy (non-hydrogen) atoms. The van der Waals surface area contributed by atoms with Crippen LogP contribution < -0.4 is 16.2 Å². The van der Waals surface area contributed by atoms with E-state index in [4.69, 9.17) is 16.2 Å². The number of allylic oxidation sites excluding steroid dienone is 1. The summed E-state index contributed by atoms with van der Waals surface area (Å²) < 4.78 is 33.6. The van der Waals surface area contributed by atoms with E-state index in [1.165, 1.54) is 24.5 Å². The van der Waals surface area contributed by atoms with Crippen molar-refractivity contribution in [3.63, 3.8) is 0 Å². The predicted molar refractivity (Wildman–Crippen MR) is 124 cm³/mol. The second kappa shape index (κ2) is 9.10. The Morgan fingerprint density at radius 3 is 2.67 bits per heavy atom. The van der Waals surface area contributed by atoms with E-state index in [9.17, 15) is 8.60 Å². The lowest BCUT2D eigenvalue weighted by atomic mass is 10.1. The first-order chi connectivity index (χ1) is 15.7. The van der Waals surface area contributed by atoms with Gasteiger partial charge in [0, 0.05) is 52.0 Å². The highest BCUT2D eigenvalue weighted by molar-refractivity contribution is 7.84. The molecular weight excluding hydrogens is 445 g/mol. The molecule has 4 rings (SSSR count). The Hall–Kier alpha value is -3.60. The minimum Gasteiger partial charge on any atom is -0.421 e. The summed E-state index contributed by atoms with van der Waals surface area (Å²) in [5, 5.41) is 4.24. The number of aromatic nitrogens is 4. The molecule has 2 aromatic heterocycles. The van der Waals surface area contributed by atoms with Crippen molar-refractivity contribution in [3.8, 4) is 23.0 Å². The van der Waals surface area contributed by atoms with Crippen LogP contribution in [0.4, 0.5) is 10.2 Å². The molecule has 172 valence electrons. The van der Waals surface area contributed by atoms with E-state index in [2.05, 4.69) is 20.1 Å². The van der Waals surface area contributed by atoms with Gasteiger partial charge in [-0.05, 0) is 50.0 Å². The van der Waals surface area contributed by atoms with Gasteiger partial charge >= 0.3 is 6.01 Å². The van der Waals surface area contributed by atoms with Crippen molar-refractivity contribution in [1.82, 2.24) is 19.7 Å². The van der Waals surface area contributed by atoms with Crippen molar-refractivity contribution >= 4 is 22.5 Å². The molecule has 0 bridgehead atoms. The SMILES string of the molecule is C/C(N)=C/C(N)=Nc1nc(Oc2ccc(S(C)=O)cc2F)nc(-c2cnn(C)c2)c1C1CC1. The fourth-order valence-corrected chi connectivity index (χ4v) is 3.84. The first-order valence-corrected chi connectivity index (χ1v) is 11.8. The van der Waals surface area contributed by atoms with E-state index >= 15 is 0 Å².